The van der Waals surface area contributed by atoms with Gasteiger partial charge >= 0.3 is 0 Å². The molecule has 0 bridgehead atoms. The largest absolute Gasteiger partial charge is 0.399 e. The Morgan fingerprint density at radius 2 is 2.23 bits per heavy atom. The van der Waals surface area contributed by atoms with Crippen LogP contribution >= 0.6 is 0 Å². The zero-order valence-electron chi connectivity index (χ0n) is 7.40. The first-order chi connectivity index (χ1) is 6.25. The number of rotatable bonds is 3. The average Bonchev–Trinajstić information content (AvgIpc) is 2.88. The second-order valence-corrected chi connectivity index (χ2v) is 5.02. The quantitative estimate of drug-likeness (QED) is 0.747. The molecule has 1 aliphatic rings. The van der Waals surface area contributed by atoms with Crippen molar-refractivity contribution in [2.24, 2.45) is 5.92 Å². The van der Waals surface area contributed by atoms with Crippen LogP contribution in [0.4, 0.5) is 5.69 Å². The van der Waals surface area contributed by atoms with E-state index >= 15 is 0 Å². The van der Waals surface area contributed by atoms with E-state index < -0.39 is 10.8 Å². The molecule has 1 aromatic carbocycles. The molecule has 1 unspecified atom stereocenters. The lowest BCUT2D eigenvalue weighted by atomic mass is 10.3. The SMILES string of the molecule is Nc1cccc(S(=O)CC2CC2)c1. The molecule has 0 amide bonds. The van der Waals surface area contributed by atoms with Crippen LogP contribution in [0.3, 0.4) is 0 Å². The van der Waals surface area contributed by atoms with Crippen LogP contribution in [0, 0.1) is 5.92 Å². The van der Waals surface area contributed by atoms with Gasteiger partial charge in [0.25, 0.3) is 0 Å². The summed E-state index contributed by atoms with van der Waals surface area (Å²) in [4.78, 5) is 0.868. The van der Waals surface area contributed by atoms with Crippen LogP contribution in [-0.2, 0) is 10.8 Å². The van der Waals surface area contributed by atoms with Crippen molar-refractivity contribution in [2.75, 3.05) is 11.5 Å². The Balaban J connectivity index is 2.09. The van der Waals surface area contributed by atoms with E-state index in [0.717, 1.165) is 10.6 Å². The summed E-state index contributed by atoms with van der Waals surface area (Å²) in [6.45, 7) is 0. The summed E-state index contributed by atoms with van der Waals surface area (Å²) in [6.07, 6.45) is 2.49. The first kappa shape index (κ1) is 8.75. The lowest BCUT2D eigenvalue weighted by Gasteiger charge is -2.01. The fourth-order valence-corrected chi connectivity index (χ4v) is 2.70. The van der Waals surface area contributed by atoms with Gasteiger partial charge in [-0.2, -0.15) is 0 Å². The lowest BCUT2D eigenvalue weighted by molar-refractivity contribution is 0.680. The van der Waals surface area contributed by atoms with E-state index in [0.29, 0.717) is 11.6 Å². The fourth-order valence-electron chi connectivity index (χ4n) is 1.25. The number of nitrogens with two attached hydrogens (primary N) is 1. The third kappa shape index (κ3) is 2.31. The summed E-state index contributed by atoms with van der Waals surface area (Å²) in [5.74, 6) is 1.51. The average molecular weight is 195 g/mol. The molecular weight excluding hydrogens is 182 g/mol. The van der Waals surface area contributed by atoms with Gasteiger partial charge in [0.2, 0.25) is 0 Å². The van der Waals surface area contributed by atoms with E-state index in [4.69, 9.17) is 5.73 Å². The lowest BCUT2D eigenvalue weighted by Crippen LogP contribution is -2.00. The van der Waals surface area contributed by atoms with Crippen molar-refractivity contribution >= 4 is 16.5 Å². The molecule has 3 heteroatoms. The highest BCUT2D eigenvalue weighted by Crippen LogP contribution is 2.31. The Hall–Kier alpha value is -0.830. The maximum absolute atomic E-state index is 11.7. The Labute approximate surface area is 80.6 Å². The molecule has 1 aliphatic carbocycles. The van der Waals surface area contributed by atoms with E-state index in [2.05, 4.69) is 0 Å². The van der Waals surface area contributed by atoms with Gasteiger partial charge in [0.15, 0.2) is 0 Å². The molecule has 0 radical (unpaired) electrons. The minimum absolute atomic E-state index is 0.696. The molecule has 1 atom stereocenters. The molecule has 2 N–H and O–H groups in total. The van der Waals surface area contributed by atoms with Gasteiger partial charge in [-0.05, 0) is 37.0 Å². The minimum atomic E-state index is -0.841. The van der Waals surface area contributed by atoms with Crippen LogP contribution in [0.2, 0.25) is 0 Å². The van der Waals surface area contributed by atoms with E-state index in [9.17, 15) is 4.21 Å². The summed E-state index contributed by atoms with van der Waals surface area (Å²) in [6, 6.07) is 7.36. The minimum Gasteiger partial charge on any atom is -0.399 e. The highest BCUT2D eigenvalue weighted by atomic mass is 32.2. The summed E-state index contributed by atoms with van der Waals surface area (Å²) in [5.41, 5.74) is 6.30. The molecule has 0 aromatic heterocycles. The molecule has 1 saturated carbocycles. The monoisotopic (exact) mass is 195 g/mol. The summed E-state index contributed by atoms with van der Waals surface area (Å²) in [5, 5.41) is 0. The molecule has 0 spiro atoms. The smallest absolute Gasteiger partial charge is 0.0533 e. The molecule has 70 valence electrons. The van der Waals surface area contributed by atoms with Crippen LogP contribution in [-0.4, -0.2) is 9.96 Å². The van der Waals surface area contributed by atoms with Gasteiger partial charge in [0, 0.05) is 16.3 Å². The van der Waals surface area contributed by atoms with Crippen LogP contribution in [0.1, 0.15) is 12.8 Å². The molecule has 1 aromatic rings. The highest BCUT2D eigenvalue weighted by molar-refractivity contribution is 7.85. The predicted octanol–water partition coefficient (Wildman–Crippen LogP) is 1.79. The topological polar surface area (TPSA) is 43.1 Å². The van der Waals surface area contributed by atoms with Gasteiger partial charge in [0.05, 0.1) is 10.8 Å². The van der Waals surface area contributed by atoms with Crippen LogP contribution < -0.4 is 5.73 Å². The van der Waals surface area contributed by atoms with Crippen LogP contribution in [0.25, 0.3) is 0 Å². The van der Waals surface area contributed by atoms with Crippen molar-refractivity contribution in [1.29, 1.82) is 0 Å². The van der Waals surface area contributed by atoms with Crippen molar-refractivity contribution < 1.29 is 4.21 Å². The first-order valence-electron chi connectivity index (χ1n) is 4.49. The van der Waals surface area contributed by atoms with E-state index in [1.165, 1.54) is 12.8 Å². The second-order valence-electron chi connectivity index (χ2n) is 3.53. The maximum atomic E-state index is 11.7. The highest BCUT2D eigenvalue weighted by Gasteiger charge is 2.24. The summed E-state index contributed by atoms with van der Waals surface area (Å²) < 4.78 is 11.7. The number of anilines is 1. The van der Waals surface area contributed by atoms with Gasteiger partial charge in [-0.25, -0.2) is 0 Å². The molecule has 1 fully saturated rings. The number of nitrogen functional groups attached to an aromatic ring is 1. The molecule has 2 rings (SSSR count). The molecule has 0 heterocycles. The number of hydrogen-bond acceptors (Lipinski definition) is 2. The Morgan fingerprint density at radius 3 is 2.85 bits per heavy atom. The maximum Gasteiger partial charge on any atom is 0.0533 e. The predicted molar refractivity (Wildman–Crippen MR) is 54.9 cm³/mol. The first-order valence-corrected chi connectivity index (χ1v) is 5.81. The Kier molecular flexibility index (Phi) is 2.36. The van der Waals surface area contributed by atoms with Gasteiger partial charge < -0.3 is 5.73 Å². The molecule has 0 saturated heterocycles. The van der Waals surface area contributed by atoms with Crippen molar-refractivity contribution in [3.8, 4) is 0 Å². The molecule has 0 aliphatic heterocycles. The number of hydrogen-bond donors (Lipinski definition) is 1. The van der Waals surface area contributed by atoms with E-state index in [-0.39, 0.29) is 0 Å². The molecule has 2 nitrogen and oxygen atoms in total. The Bertz CT molecular complexity index is 333. The van der Waals surface area contributed by atoms with E-state index in [1.54, 1.807) is 6.07 Å². The van der Waals surface area contributed by atoms with E-state index in [1.807, 2.05) is 18.2 Å². The third-order valence-electron chi connectivity index (χ3n) is 2.20. The second kappa shape index (κ2) is 3.50. The standard InChI is InChI=1S/C10H13NOS/c11-9-2-1-3-10(6-9)13(12)7-8-4-5-8/h1-3,6,8H,4-5,7,11H2. The van der Waals surface area contributed by atoms with Gasteiger partial charge in [-0.1, -0.05) is 6.07 Å². The normalized spacial score (nSPS) is 18.5. The van der Waals surface area contributed by atoms with Crippen molar-refractivity contribution in [1.82, 2.24) is 0 Å². The summed E-state index contributed by atoms with van der Waals surface area (Å²) >= 11 is 0. The third-order valence-corrected chi connectivity index (χ3v) is 3.76. The number of benzene rings is 1. The Morgan fingerprint density at radius 1 is 1.46 bits per heavy atom. The molecule has 13 heavy (non-hydrogen) atoms. The van der Waals surface area contributed by atoms with Crippen molar-refractivity contribution in [3.63, 3.8) is 0 Å². The van der Waals surface area contributed by atoms with Gasteiger partial charge in [0.1, 0.15) is 0 Å². The van der Waals surface area contributed by atoms with Gasteiger partial charge in [-0.15, -0.1) is 0 Å². The van der Waals surface area contributed by atoms with Gasteiger partial charge in [-0.3, -0.25) is 4.21 Å². The van der Waals surface area contributed by atoms with Crippen LogP contribution in [0.5, 0.6) is 0 Å². The van der Waals surface area contributed by atoms with Crippen molar-refractivity contribution in [3.05, 3.63) is 24.3 Å². The zero-order valence-corrected chi connectivity index (χ0v) is 8.22. The van der Waals surface area contributed by atoms with Crippen LogP contribution in [0.15, 0.2) is 29.2 Å². The summed E-state index contributed by atoms with van der Waals surface area (Å²) in [7, 11) is -0.841. The zero-order chi connectivity index (χ0) is 9.26. The molecular formula is C10H13NOS. The van der Waals surface area contributed by atoms with Crippen molar-refractivity contribution in [2.45, 2.75) is 17.7 Å². The fraction of sp³-hybridized carbons (Fsp3) is 0.400.